The van der Waals surface area contributed by atoms with Crippen molar-refractivity contribution in [3.8, 4) is 66.8 Å². The minimum Gasteiger partial charge on any atom is -0.355 e. The van der Waals surface area contributed by atoms with Gasteiger partial charge < -0.3 is 16.0 Å². The summed E-state index contributed by atoms with van der Waals surface area (Å²) < 4.78 is 0. The zero-order chi connectivity index (χ0) is 42.2. The molecular weight excluding hydrogens is 763 g/mol. The van der Waals surface area contributed by atoms with Gasteiger partial charge in [0.05, 0.1) is 0 Å². The van der Waals surface area contributed by atoms with Gasteiger partial charge >= 0.3 is 0 Å². The van der Waals surface area contributed by atoms with E-state index in [4.69, 9.17) is 0 Å². The van der Waals surface area contributed by atoms with E-state index in [0.29, 0.717) is 0 Å². The number of rotatable bonds is 12. The molecule has 10 rings (SSSR count). The molecule has 0 aliphatic heterocycles. The third-order valence-corrected chi connectivity index (χ3v) is 11.5. The van der Waals surface area contributed by atoms with E-state index in [-0.39, 0.29) is 0 Å². The highest BCUT2D eigenvalue weighted by atomic mass is 14.9. The molecule has 0 atom stereocenters. The smallest absolute Gasteiger partial charge is 0.0463 e. The molecule has 0 unspecified atom stereocenters. The molecule has 10 aromatic carbocycles. The number of hydrogen-bond acceptors (Lipinski definition) is 3. The van der Waals surface area contributed by atoms with Crippen LogP contribution in [-0.2, 0) is 0 Å². The van der Waals surface area contributed by atoms with Gasteiger partial charge in [-0.1, -0.05) is 182 Å². The van der Waals surface area contributed by atoms with E-state index in [9.17, 15) is 0 Å². The summed E-state index contributed by atoms with van der Waals surface area (Å²) in [7, 11) is 0. The molecule has 0 amide bonds. The summed E-state index contributed by atoms with van der Waals surface area (Å²) in [6.45, 7) is 0. The van der Waals surface area contributed by atoms with Crippen LogP contribution in [-0.4, -0.2) is 0 Å². The van der Waals surface area contributed by atoms with Crippen LogP contribution < -0.4 is 16.0 Å². The van der Waals surface area contributed by atoms with E-state index in [0.717, 1.165) is 67.5 Å². The van der Waals surface area contributed by atoms with Gasteiger partial charge in [0.15, 0.2) is 0 Å². The minimum absolute atomic E-state index is 1.03. The third-order valence-electron chi connectivity index (χ3n) is 11.5. The Balaban J connectivity index is 0.962. The molecule has 0 aliphatic carbocycles. The van der Waals surface area contributed by atoms with Crippen molar-refractivity contribution in [2.75, 3.05) is 16.0 Å². The molecule has 3 heteroatoms. The fourth-order valence-corrected chi connectivity index (χ4v) is 8.22. The quantitative estimate of drug-likeness (QED) is 0.115. The van der Waals surface area contributed by atoms with Crippen LogP contribution in [0.15, 0.2) is 255 Å². The molecule has 0 radical (unpaired) electrons. The second-order valence-electron chi connectivity index (χ2n) is 15.6. The SMILES string of the molecule is c1ccc(-c2ccccc2Nc2ccc(-c3cc(-c4ccc(Nc5ccccc5-c5ccccc5)cc4)cc(-c4ccc(Nc5ccccc5-c5ccccc5)cc4)c3)cc2)cc1. The van der Waals surface area contributed by atoms with Crippen molar-refractivity contribution < 1.29 is 0 Å². The molecule has 63 heavy (non-hydrogen) atoms. The molecular formula is C60H45N3. The van der Waals surface area contributed by atoms with Crippen molar-refractivity contribution in [1.82, 2.24) is 0 Å². The monoisotopic (exact) mass is 807 g/mol. The summed E-state index contributed by atoms with van der Waals surface area (Å²) in [5, 5.41) is 11.0. The van der Waals surface area contributed by atoms with Crippen molar-refractivity contribution in [2.24, 2.45) is 0 Å². The normalized spacial score (nSPS) is 10.9. The Hall–Kier alpha value is -8.40. The zero-order valence-electron chi connectivity index (χ0n) is 34.7. The van der Waals surface area contributed by atoms with Crippen molar-refractivity contribution in [1.29, 1.82) is 0 Å². The number of para-hydroxylation sites is 3. The fourth-order valence-electron chi connectivity index (χ4n) is 8.22. The number of hydrogen-bond donors (Lipinski definition) is 3. The maximum Gasteiger partial charge on any atom is 0.0463 e. The average Bonchev–Trinajstić information content (AvgIpc) is 3.36. The first-order valence-electron chi connectivity index (χ1n) is 21.4. The molecule has 0 spiro atoms. The fraction of sp³-hybridized carbons (Fsp3) is 0. The Morgan fingerprint density at radius 3 is 0.683 bits per heavy atom. The average molecular weight is 808 g/mol. The lowest BCUT2D eigenvalue weighted by Crippen LogP contribution is -1.94. The predicted molar refractivity (Wildman–Crippen MR) is 268 cm³/mol. The van der Waals surface area contributed by atoms with E-state index in [2.05, 4.69) is 271 Å². The van der Waals surface area contributed by atoms with Crippen molar-refractivity contribution >= 4 is 34.1 Å². The van der Waals surface area contributed by atoms with Crippen molar-refractivity contribution in [3.63, 3.8) is 0 Å². The molecule has 3 nitrogen and oxygen atoms in total. The molecule has 0 saturated carbocycles. The third kappa shape index (κ3) is 8.90. The number of nitrogens with one attached hydrogen (secondary N) is 3. The molecule has 3 N–H and O–H groups in total. The molecule has 0 fully saturated rings. The van der Waals surface area contributed by atoms with E-state index in [1.807, 2.05) is 0 Å². The molecule has 0 aromatic heterocycles. The first-order chi connectivity index (χ1) is 31.2. The van der Waals surface area contributed by atoms with Crippen LogP contribution in [0.1, 0.15) is 0 Å². The molecule has 0 bridgehead atoms. The Kier molecular flexibility index (Phi) is 11.1. The first-order valence-corrected chi connectivity index (χ1v) is 21.4. The van der Waals surface area contributed by atoms with Gasteiger partial charge in [-0.2, -0.15) is 0 Å². The number of anilines is 6. The Morgan fingerprint density at radius 2 is 0.413 bits per heavy atom. The van der Waals surface area contributed by atoms with Crippen molar-refractivity contribution in [3.05, 3.63) is 255 Å². The maximum absolute atomic E-state index is 3.68. The summed E-state index contributed by atoms with van der Waals surface area (Å²) in [6.07, 6.45) is 0. The van der Waals surface area contributed by atoms with Crippen LogP contribution in [0, 0.1) is 0 Å². The summed E-state index contributed by atoms with van der Waals surface area (Å²) in [5.74, 6) is 0. The second-order valence-corrected chi connectivity index (χ2v) is 15.6. The number of benzene rings is 10. The van der Waals surface area contributed by atoms with Gasteiger partial charge in [-0.05, 0) is 123 Å². The van der Waals surface area contributed by atoms with E-state index < -0.39 is 0 Å². The second kappa shape index (κ2) is 18.1. The minimum atomic E-state index is 1.03. The van der Waals surface area contributed by atoms with Crippen LogP contribution in [0.3, 0.4) is 0 Å². The van der Waals surface area contributed by atoms with Gasteiger partial charge in [0.1, 0.15) is 0 Å². The molecule has 0 heterocycles. The largest absolute Gasteiger partial charge is 0.355 e. The molecule has 10 aromatic rings. The highest BCUT2D eigenvalue weighted by molar-refractivity contribution is 5.86. The van der Waals surface area contributed by atoms with E-state index in [1.54, 1.807) is 0 Å². The summed E-state index contributed by atoms with van der Waals surface area (Å²) in [6, 6.07) is 90.2. The van der Waals surface area contributed by atoms with Gasteiger partial charge in [0.2, 0.25) is 0 Å². The van der Waals surface area contributed by atoms with Crippen LogP contribution in [0.2, 0.25) is 0 Å². The Bertz CT molecular complexity index is 2740. The van der Waals surface area contributed by atoms with Crippen LogP contribution in [0.5, 0.6) is 0 Å². The van der Waals surface area contributed by atoms with Gasteiger partial charge in [0, 0.05) is 50.8 Å². The predicted octanol–water partition coefficient (Wildman–Crippen LogP) is 16.9. The first kappa shape index (κ1) is 38.8. The molecule has 0 aliphatic rings. The van der Waals surface area contributed by atoms with Crippen LogP contribution in [0.25, 0.3) is 66.8 Å². The maximum atomic E-state index is 3.68. The summed E-state index contributed by atoms with van der Waals surface area (Å²) >= 11 is 0. The highest BCUT2D eigenvalue weighted by Gasteiger charge is 2.12. The summed E-state index contributed by atoms with van der Waals surface area (Å²) in [4.78, 5) is 0. The van der Waals surface area contributed by atoms with Crippen LogP contribution >= 0.6 is 0 Å². The van der Waals surface area contributed by atoms with E-state index in [1.165, 1.54) is 33.4 Å². The lowest BCUT2D eigenvalue weighted by atomic mass is 9.93. The highest BCUT2D eigenvalue weighted by Crippen LogP contribution is 2.37. The molecule has 300 valence electrons. The van der Waals surface area contributed by atoms with Gasteiger partial charge in [-0.3, -0.25) is 0 Å². The Labute approximate surface area is 370 Å². The van der Waals surface area contributed by atoms with E-state index >= 15 is 0 Å². The van der Waals surface area contributed by atoms with Gasteiger partial charge in [-0.25, -0.2) is 0 Å². The lowest BCUT2D eigenvalue weighted by Gasteiger charge is -2.15. The molecule has 0 saturated heterocycles. The lowest BCUT2D eigenvalue weighted by molar-refractivity contribution is 1.51. The standard InChI is InChI=1S/C60H45N3/c1-4-16-46(17-5-1)55-22-10-13-25-58(55)61-52-34-28-43(29-35-52)49-40-50(44-30-36-53(37-31-44)62-59-26-14-11-23-56(59)47-18-6-2-7-19-47)42-51(41-49)45-32-38-54(39-33-45)63-60-27-15-12-24-57(60)48-20-8-3-9-21-48/h1-42,61-63H. The Morgan fingerprint density at radius 1 is 0.175 bits per heavy atom. The van der Waals surface area contributed by atoms with Gasteiger partial charge in [0.25, 0.3) is 0 Å². The van der Waals surface area contributed by atoms with Crippen molar-refractivity contribution in [2.45, 2.75) is 0 Å². The zero-order valence-corrected chi connectivity index (χ0v) is 34.7. The summed E-state index contributed by atoms with van der Waals surface area (Å²) in [5.41, 5.74) is 20.3. The van der Waals surface area contributed by atoms with Crippen LogP contribution in [0.4, 0.5) is 34.1 Å². The van der Waals surface area contributed by atoms with Gasteiger partial charge in [-0.15, -0.1) is 0 Å². The topological polar surface area (TPSA) is 36.1 Å².